The molecule has 2 rings (SSSR count). The van der Waals surface area contributed by atoms with Crippen molar-refractivity contribution in [2.75, 3.05) is 20.6 Å². The second kappa shape index (κ2) is 6.13. The van der Waals surface area contributed by atoms with E-state index in [1.54, 1.807) is 38.4 Å². The summed E-state index contributed by atoms with van der Waals surface area (Å²) in [6.45, 7) is 0.167. The van der Waals surface area contributed by atoms with E-state index < -0.39 is 28.1 Å². The summed E-state index contributed by atoms with van der Waals surface area (Å²) in [5.74, 6) is -0.561. The summed E-state index contributed by atoms with van der Waals surface area (Å²) in [7, 11) is -0.546. The molecule has 116 valence electrons. The van der Waals surface area contributed by atoms with Gasteiger partial charge in [-0.05, 0) is 12.0 Å². The number of hydrogen-bond acceptors (Lipinski definition) is 4. The molecule has 0 saturated carbocycles. The van der Waals surface area contributed by atoms with Crippen LogP contribution in [0.3, 0.4) is 0 Å². The highest BCUT2D eigenvalue weighted by Crippen LogP contribution is 2.25. The van der Waals surface area contributed by atoms with E-state index in [4.69, 9.17) is 0 Å². The van der Waals surface area contributed by atoms with Gasteiger partial charge >= 0.3 is 0 Å². The van der Waals surface area contributed by atoms with Crippen LogP contribution in [0, 0.1) is 0 Å². The normalized spacial score (nSPS) is 23.2. The number of carbonyl (C=O) groups is 1. The number of nitrogens with zero attached hydrogens (tertiary/aromatic N) is 2. The highest BCUT2D eigenvalue weighted by Gasteiger charge is 2.44. The van der Waals surface area contributed by atoms with Gasteiger partial charge in [0.1, 0.15) is 6.04 Å². The van der Waals surface area contributed by atoms with E-state index in [-0.39, 0.29) is 18.7 Å². The molecule has 1 amide bonds. The summed E-state index contributed by atoms with van der Waals surface area (Å²) in [5.41, 5.74) is 0.662. The third-order valence-corrected chi connectivity index (χ3v) is 5.39. The number of sulfonamides is 1. The van der Waals surface area contributed by atoms with Gasteiger partial charge in [-0.3, -0.25) is 4.79 Å². The largest absolute Gasteiger partial charge is 0.391 e. The van der Waals surface area contributed by atoms with Crippen molar-refractivity contribution in [3.63, 3.8) is 0 Å². The highest BCUT2D eigenvalue weighted by molar-refractivity contribution is 7.88. The maximum absolute atomic E-state index is 12.5. The lowest BCUT2D eigenvalue weighted by Crippen LogP contribution is -2.49. The second-order valence-electron chi connectivity index (χ2n) is 5.39. The SMILES string of the molecule is CN(C)C(=O)[C@@H]1C(O)CCN1S(=O)(=O)Cc1ccccc1. The lowest BCUT2D eigenvalue weighted by atomic mass is 10.1. The third kappa shape index (κ3) is 3.42. The van der Waals surface area contributed by atoms with Crippen LogP contribution in [-0.2, 0) is 20.6 Å². The molecule has 6 nitrogen and oxygen atoms in total. The Kier molecular flexibility index (Phi) is 4.65. The van der Waals surface area contributed by atoms with Crippen molar-refractivity contribution in [3.8, 4) is 0 Å². The van der Waals surface area contributed by atoms with Crippen LogP contribution in [0.5, 0.6) is 0 Å². The second-order valence-corrected chi connectivity index (χ2v) is 7.31. The first kappa shape index (κ1) is 15.9. The molecule has 1 N–H and O–H groups in total. The number of amides is 1. The van der Waals surface area contributed by atoms with Gasteiger partial charge in [0.15, 0.2) is 0 Å². The van der Waals surface area contributed by atoms with Gasteiger partial charge in [0.25, 0.3) is 0 Å². The minimum atomic E-state index is -3.65. The van der Waals surface area contributed by atoms with Gasteiger partial charge in [0, 0.05) is 20.6 Å². The molecule has 1 unspecified atom stereocenters. The Balaban J connectivity index is 2.24. The molecule has 0 bridgehead atoms. The molecule has 1 aromatic carbocycles. The van der Waals surface area contributed by atoms with Crippen LogP contribution in [0.1, 0.15) is 12.0 Å². The number of aliphatic hydroxyl groups excluding tert-OH is 1. The lowest BCUT2D eigenvalue weighted by molar-refractivity contribution is -0.134. The van der Waals surface area contributed by atoms with Gasteiger partial charge in [0.05, 0.1) is 11.9 Å². The van der Waals surface area contributed by atoms with Crippen LogP contribution in [-0.4, -0.2) is 61.4 Å². The average Bonchev–Trinajstić information content (AvgIpc) is 2.81. The smallest absolute Gasteiger partial charge is 0.243 e. The lowest BCUT2D eigenvalue weighted by Gasteiger charge is -2.27. The van der Waals surface area contributed by atoms with Crippen LogP contribution in [0.2, 0.25) is 0 Å². The fraction of sp³-hybridized carbons (Fsp3) is 0.500. The predicted octanol–water partition coefficient (Wildman–Crippen LogP) is 0.0398. The zero-order valence-corrected chi connectivity index (χ0v) is 13.0. The topological polar surface area (TPSA) is 77.9 Å². The zero-order valence-electron chi connectivity index (χ0n) is 12.1. The van der Waals surface area contributed by atoms with Gasteiger partial charge < -0.3 is 10.0 Å². The third-order valence-electron chi connectivity index (χ3n) is 3.56. The van der Waals surface area contributed by atoms with E-state index in [2.05, 4.69) is 0 Å². The molecule has 7 heteroatoms. The minimum absolute atomic E-state index is 0.167. The van der Waals surface area contributed by atoms with Gasteiger partial charge in [-0.1, -0.05) is 30.3 Å². The Bertz CT molecular complexity index is 601. The van der Waals surface area contributed by atoms with Gasteiger partial charge in [-0.25, -0.2) is 8.42 Å². The van der Waals surface area contributed by atoms with Gasteiger partial charge in [0.2, 0.25) is 15.9 Å². The number of carbonyl (C=O) groups excluding carboxylic acids is 1. The van der Waals surface area contributed by atoms with Crippen molar-refractivity contribution >= 4 is 15.9 Å². The van der Waals surface area contributed by atoms with E-state index in [1.807, 2.05) is 6.07 Å². The summed E-state index contributed by atoms with van der Waals surface area (Å²) < 4.78 is 26.2. The van der Waals surface area contributed by atoms with Gasteiger partial charge in [-0.15, -0.1) is 0 Å². The molecule has 0 radical (unpaired) electrons. The Hall–Kier alpha value is -1.44. The highest BCUT2D eigenvalue weighted by atomic mass is 32.2. The molecule has 1 saturated heterocycles. The average molecular weight is 312 g/mol. The van der Waals surface area contributed by atoms with E-state index in [1.165, 1.54) is 4.90 Å². The molecular weight excluding hydrogens is 292 g/mol. The van der Waals surface area contributed by atoms with Gasteiger partial charge in [-0.2, -0.15) is 4.31 Å². The zero-order chi connectivity index (χ0) is 15.6. The Labute approximate surface area is 125 Å². The first-order valence-electron chi connectivity index (χ1n) is 6.75. The van der Waals surface area contributed by atoms with Crippen molar-refractivity contribution in [2.24, 2.45) is 0 Å². The molecule has 1 aliphatic rings. The molecule has 1 heterocycles. The summed E-state index contributed by atoms with van der Waals surface area (Å²) in [5, 5.41) is 9.95. The fourth-order valence-corrected chi connectivity index (χ4v) is 4.22. The summed E-state index contributed by atoms with van der Waals surface area (Å²) in [6, 6.07) is 7.79. The van der Waals surface area contributed by atoms with Crippen LogP contribution in [0.25, 0.3) is 0 Å². The van der Waals surface area contributed by atoms with Crippen molar-refractivity contribution in [3.05, 3.63) is 35.9 Å². The van der Waals surface area contributed by atoms with Crippen LogP contribution in [0.15, 0.2) is 30.3 Å². The molecule has 1 fully saturated rings. The quantitative estimate of drug-likeness (QED) is 0.851. The van der Waals surface area contributed by atoms with Crippen molar-refractivity contribution in [2.45, 2.75) is 24.3 Å². The predicted molar refractivity (Wildman–Crippen MR) is 78.9 cm³/mol. The maximum atomic E-state index is 12.5. The first-order chi connectivity index (χ1) is 9.83. The Morgan fingerprint density at radius 3 is 2.52 bits per heavy atom. The molecular formula is C14H20N2O4S. The van der Waals surface area contributed by atoms with E-state index in [9.17, 15) is 18.3 Å². The number of benzene rings is 1. The number of rotatable bonds is 4. The Morgan fingerprint density at radius 2 is 1.95 bits per heavy atom. The van der Waals surface area contributed by atoms with Crippen LogP contribution >= 0.6 is 0 Å². The van der Waals surface area contributed by atoms with E-state index in [0.717, 1.165) is 4.31 Å². The molecule has 1 aromatic rings. The van der Waals surface area contributed by atoms with Crippen molar-refractivity contribution < 1.29 is 18.3 Å². The van der Waals surface area contributed by atoms with Crippen molar-refractivity contribution in [1.82, 2.24) is 9.21 Å². The van der Waals surface area contributed by atoms with Crippen molar-refractivity contribution in [1.29, 1.82) is 0 Å². The first-order valence-corrected chi connectivity index (χ1v) is 8.36. The minimum Gasteiger partial charge on any atom is -0.391 e. The molecule has 2 atom stereocenters. The summed E-state index contributed by atoms with van der Waals surface area (Å²) >= 11 is 0. The molecule has 1 aliphatic heterocycles. The summed E-state index contributed by atoms with van der Waals surface area (Å²) in [6.07, 6.45) is -0.677. The number of hydrogen-bond donors (Lipinski definition) is 1. The Morgan fingerprint density at radius 1 is 1.33 bits per heavy atom. The number of aliphatic hydroxyl groups is 1. The van der Waals surface area contributed by atoms with E-state index >= 15 is 0 Å². The standard InChI is InChI=1S/C14H20N2O4S/c1-15(2)14(18)13-12(17)8-9-16(13)21(19,20)10-11-6-4-3-5-7-11/h3-7,12-13,17H,8-10H2,1-2H3/t12?,13-/m0/s1. The van der Waals surface area contributed by atoms with E-state index in [0.29, 0.717) is 5.56 Å². The number of likely N-dealkylation sites (N-methyl/N-ethyl adjacent to an activating group) is 1. The molecule has 21 heavy (non-hydrogen) atoms. The monoisotopic (exact) mass is 312 g/mol. The molecule has 0 aliphatic carbocycles. The van der Waals surface area contributed by atoms with Crippen LogP contribution < -0.4 is 0 Å². The maximum Gasteiger partial charge on any atom is 0.243 e. The fourth-order valence-electron chi connectivity index (χ4n) is 2.48. The summed E-state index contributed by atoms with van der Waals surface area (Å²) in [4.78, 5) is 13.4. The van der Waals surface area contributed by atoms with Crippen LogP contribution in [0.4, 0.5) is 0 Å². The molecule has 0 spiro atoms. The molecule has 0 aromatic heterocycles.